The molecule has 1 aliphatic heterocycles. The molecule has 0 spiro atoms. The molecule has 11 heteroatoms. The van der Waals surface area contributed by atoms with E-state index in [2.05, 4.69) is 10.6 Å². The van der Waals surface area contributed by atoms with Crippen molar-refractivity contribution in [2.75, 3.05) is 24.7 Å². The first-order chi connectivity index (χ1) is 19.0. The van der Waals surface area contributed by atoms with Gasteiger partial charge in [-0.1, -0.05) is 41.9 Å². The van der Waals surface area contributed by atoms with Crippen LogP contribution in [0.1, 0.15) is 36.0 Å². The van der Waals surface area contributed by atoms with E-state index in [1.807, 2.05) is 6.92 Å². The molecule has 1 heterocycles. The molecule has 1 amide bonds. The Morgan fingerprint density at radius 1 is 1.10 bits per heavy atom. The van der Waals surface area contributed by atoms with Gasteiger partial charge in [-0.2, -0.15) is 4.31 Å². The Morgan fingerprint density at radius 3 is 2.45 bits per heavy atom. The highest BCUT2D eigenvalue weighted by Crippen LogP contribution is 2.31. The minimum absolute atomic E-state index is 0.185. The van der Waals surface area contributed by atoms with Gasteiger partial charge in [-0.3, -0.25) is 4.79 Å². The molecule has 0 aliphatic carbocycles. The van der Waals surface area contributed by atoms with Crippen molar-refractivity contribution in [2.45, 2.75) is 43.8 Å². The van der Waals surface area contributed by atoms with Gasteiger partial charge in [-0.15, -0.1) is 0 Å². The summed E-state index contributed by atoms with van der Waals surface area (Å²) >= 11 is 6.20. The summed E-state index contributed by atoms with van der Waals surface area (Å²) in [4.78, 5) is 13.5. The van der Waals surface area contributed by atoms with Crippen molar-refractivity contribution >= 4 is 33.2 Å². The van der Waals surface area contributed by atoms with Crippen LogP contribution in [-0.2, 0) is 21.2 Å². The van der Waals surface area contributed by atoms with Crippen molar-refractivity contribution in [3.05, 3.63) is 100 Å². The second-order valence-corrected chi connectivity index (χ2v) is 12.5. The number of benzene rings is 3. The maximum absolute atomic E-state index is 15.1. The van der Waals surface area contributed by atoms with Gasteiger partial charge in [0.25, 0.3) is 0 Å². The molecule has 7 nitrogen and oxygen atoms in total. The first-order valence-electron chi connectivity index (χ1n) is 13.0. The molecule has 1 saturated heterocycles. The molecule has 0 saturated carbocycles. The van der Waals surface area contributed by atoms with E-state index in [-0.39, 0.29) is 29.8 Å². The van der Waals surface area contributed by atoms with Gasteiger partial charge in [0, 0.05) is 47.4 Å². The molecule has 1 aliphatic rings. The van der Waals surface area contributed by atoms with Gasteiger partial charge < -0.3 is 16.4 Å². The van der Waals surface area contributed by atoms with E-state index in [0.717, 1.165) is 0 Å². The smallest absolute Gasteiger partial charge is 0.242 e. The number of halogens is 3. The molecule has 4 N–H and O–H groups in total. The lowest BCUT2D eigenvalue weighted by atomic mass is 9.85. The molecule has 0 radical (unpaired) electrons. The fraction of sp³-hybridized carbons (Fsp3) is 0.345. The van der Waals surface area contributed by atoms with Crippen LogP contribution in [0.15, 0.2) is 66.7 Å². The van der Waals surface area contributed by atoms with Gasteiger partial charge in [-0.05, 0) is 67.3 Å². The second-order valence-electron chi connectivity index (χ2n) is 10.2. The lowest BCUT2D eigenvalue weighted by molar-refractivity contribution is -0.117. The van der Waals surface area contributed by atoms with Crippen LogP contribution >= 0.6 is 11.6 Å². The highest BCUT2D eigenvalue weighted by atomic mass is 35.5. The fourth-order valence-electron chi connectivity index (χ4n) is 5.44. The van der Waals surface area contributed by atoms with Crippen LogP contribution in [0.2, 0.25) is 5.02 Å². The Bertz CT molecular complexity index is 1430. The zero-order valence-electron chi connectivity index (χ0n) is 22.3. The number of amides is 1. The van der Waals surface area contributed by atoms with Crippen LogP contribution in [0.5, 0.6) is 0 Å². The third-order valence-corrected chi connectivity index (χ3v) is 8.84. The van der Waals surface area contributed by atoms with Gasteiger partial charge >= 0.3 is 0 Å². The molecular formula is C29H33ClF2N4O3S. The summed E-state index contributed by atoms with van der Waals surface area (Å²) < 4.78 is 55.5. The number of hydrogen-bond donors (Lipinski definition) is 3. The molecule has 4 unspecified atom stereocenters. The molecule has 40 heavy (non-hydrogen) atoms. The van der Waals surface area contributed by atoms with Crippen molar-refractivity contribution in [3.63, 3.8) is 0 Å². The number of piperazine rings is 1. The Balaban J connectivity index is 1.58. The molecular weight excluding hydrogens is 558 g/mol. The number of hydrogen-bond acceptors (Lipinski definition) is 5. The van der Waals surface area contributed by atoms with Crippen LogP contribution in [0.4, 0.5) is 14.5 Å². The number of nitrogens with two attached hydrogens (primary N) is 1. The Hall–Kier alpha value is -2.89. The first-order valence-corrected chi connectivity index (χ1v) is 15.2. The number of nitrogens with zero attached hydrogens (tertiary/aromatic N) is 1. The number of nitrogens with one attached hydrogen (secondary N) is 2. The zero-order valence-corrected chi connectivity index (χ0v) is 23.9. The average Bonchev–Trinajstić information content (AvgIpc) is 2.88. The van der Waals surface area contributed by atoms with Gasteiger partial charge in [0.05, 0.1) is 12.3 Å². The van der Waals surface area contributed by atoms with Crippen molar-refractivity contribution < 1.29 is 22.0 Å². The molecule has 3 aromatic rings. The van der Waals surface area contributed by atoms with E-state index in [1.165, 1.54) is 40.9 Å². The SMILES string of the molecule is CC1CNCC(CCc2c(F)cccc2NC(=O)C(N)C(c2cccc(F)c2)c2cccc(Cl)c2)N1S(C)(=O)=O. The largest absolute Gasteiger partial charge is 0.324 e. The quantitative estimate of drug-likeness (QED) is 0.345. The van der Waals surface area contributed by atoms with E-state index >= 15 is 4.39 Å². The maximum atomic E-state index is 15.1. The monoisotopic (exact) mass is 590 g/mol. The Labute approximate surface area is 238 Å². The molecule has 0 bridgehead atoms. The van der Waals surface area contributed by atoms with E-state index in [4.69, 9.17) is 17.3 Å². The standard InChI is InChI=1S/C29H33ClF2N4O3S/c1-18-16-34-17-23(36(18)40(2,38)39)12-13-24-25(32)10-5-11-26(24)35-29(37)28(33)27(19-6-3-8-21(30)14-19)20-7-4-9-22(31)15-20/h3-11,14-15,18,23,27-28,34H,12-13,16-17,33H2,1-2H3,(H,35,37). The van der Waals surface area contributed by atoms with Gasteiger partial charge in [0.2, 0.25) is 15.9 Å². The average molecular weight is 591 g/mol. The summed E-state index contributed by atoms with van der Waals surface area (Å²) in [5.41, 5.74) is 8.09. The number of anilines is 1. The normalized spacial score (nSPS) is 19.6. The number of sulfonamides is 1. The van der Waals surface area contributed by atoms with Crippen LogP contribution in [0, 0.1) is 11.6 Å². The van der Waals surface area contributed by atoms with Crippen LogP contribution in [0.3, 0.4) is 0 Å². The number of rotatable bonds is 9. The number of carbonyl (C=O) groups excluding carboxylic acids is 1. The van der Waals surface area contributed by atoms with E-state index < -0.39 is 39.5 Å². The van der Waals surface area contributed by atoms with Crippen LogP contribution < -0.4 is 16.4 Å². The lowest BCUT2D eigenvalue weighted by Crippen LogP contribution is -2.58. The summed E-state index contributed by atoms with van der Waals surface area (Å²) in [6.07, 6.45) is 1.70. The van der Waals surface area contributed by atoms with Gasteiger partial charge in [-0.25, -0.2) is 17.2 Å². The highest BCUT2D eigenvalue weighted by Gasteiger charge is 2.34. The van der Waals surface area contributed by atoms with Gasteiger partial charge in [0.1, 0.15) is 11.6 Å². The first kappa shape index (κ1) is 30.1. The van der Waals surface area contributed by atoms with Crippen molar-refractivity contribution in [1.82, 2.24) is 9.62 Å². The van der Waals surface area contributed by atoms with Crippen molar-refractivity contribution in [1.29, 1.82) is 0 Å². The van der Waals surface area contributed by atoms with E-state index in [9.17, 15) is 17.6 Å². The maximum Gasteiger partial charge on any atom is 0.242 e. The van der Waals surface area contributed by atoms with E-state index in [0.29, 0.717) is 35.7 Å². The van der Waals surface area contributed by atoms with Crippen molar-refractivity contribution in [3.8, 4) is 0 Å². The third kappa shape index (κ3) is 7.05. The van der Waals surface area contributed by atoms with Crippen LogP contribution in [0.25, 0.3) is 0 Å². The lowest BCUT2D eigenvalue weighted by Gasteiger charge is -2.39. The summed E-state index contributed by atoms with van der Waals surface area (Å²) in [5, 5.41) is 6.43. The zero-order chi connectivity index (χ0) is 29.0. The summed E-state index contributed by atoms with van der Waals surface area (Å²) in [5.74, 6) is -2.32. The van der Waals surface area contributed by atoms with E-state index in [1.54, 1.807) is 36.4 Å². The molecule has 214 valence electrons. The Morgan fingerprint density at radius 2 is 1.77 bits per heavy atom. The molecule has 0 aromatic heterocycles. The highest BCUT2D eigenvalue weighted by molar-refractivity contribution is 7.88. The molecule has 4 atom stereocenters. The Kier molecular flexibility index (Phi) is 9.58. The third-order valence-electron chi connectivity index (χ3n) is 7.18. The molecule has 3 aromatic carbocycles. The predicted molar refractivity (Wildman–Crippen MR) is 154 cm³/mol. The topological polar surface area (TPSA) is 105 Å². The summed E-state index contributed by atoms with van der Waals surface area (Å²) in [6, 6.07) is 15.3. The summed E-state index contributed by atoms with van der Waals surface area (Å²) in [7, 11) is -3.47. The minimum Gasteiger partial charge on any atom is -0.324 e. The molecule has 4 rings (SSSR count). The number of carbonyl (C=O) groups is 1. The van der Waals surface area contributed by atoms with Gasteiger partial charge in [0.15, 0.2) is 0 Å². The fourth-order valence-corrected chi connectivity index (χ4v) is 7.09. The summed E-state index contributed by atoms with van der Waals surface area (Å²) in [6.45, 7) is 2.79. The van der Waals surface area contributed by atoms with Crippen LogP contribution in [-0.4, -0.2) is 56.1 Å². The molecule has 1 fully saturated rings. The second kappa shape index (κ2) is 12.7. The predicted octanol–water partition coefficient (Wildman–Crippen LogP) is 4.27. The minimum atomic E-state index is -3.47. The van der Waals surface area contributed by atoms with Crippen molar-refractivity contribution in [2.24, 2.45) is 5.73 Å².